The highest BCUT2D eigenvalue weighted by Crippen LogP contribution is 2.26. The van der Waals surface area contributed by atoms with Crippen molar-refractivity contribution in [2.45, 2.75) is 19.3 Å². The van der Waals surface area contributed by atoms with Gasteiger partial charge in [-0.25, -0.2) is 9.97 Å². The standard InChI is InChI=1S/C10H12N4O2/c1-2-6(10(15)16)8-9(14-5-13-8)7-3-11-4-12-7/h3-6H,2H2,1H3,(H,11,12)(H,13,14)(H,15,16). The maximum absolute atomic E-state index is 11.1. The van der Waals surface area contributed by atoms with Gasteiger partial charge in [0.15, 0.2) is 0 Å². The normalized spacial score (nSPS) is 12.6. The topological polar surface area (TPSA) is 94.7 Å². The maximum atomic E-state index is 11.1. The van der Waals surface area contributed by atoms with Crippen LogP contribution in [0.2, 0.25) is 0 Å². The number of aromatic nitrogens is 4. The SMILES string of the molecule is CCC(C(=O)O)c1[nH]cnc1-c1cnc[nH]1. The number of hydrogen-bond donors (Lipinski definition) is 3. The Morgan fingerprint density at radius 3 is 2.88 bits per heavy atom. The Balaban J connectivity index is 2.43. The van der Waals surface area contributed by atoms with Gasteiger partial charge in [-0.1, -0.05) is 6.92 Å². The third kappa shape index (κ3) is 1.69. The molecule has 0 aromatic carbocycles. The van der Waals surface area contributed by atoms with Crippen molar-refractivity contribution in [1.29, 1.82) is 0 Å². The van der Waals surface area contributed by atoms with Crippen LogP contribution in [0.25, 0.3) is 11.4 Å². The first-order valence-electron chi connectivity index (χ1n) is 4.98. The van der Waals surface area contributed by atoms with Gasteiger partial charge in [-0.05, 0) is 6.42 Å². The molecule has 0 saturated carbocycles. The van der Waals surface area contributed by atoms with Crippen LogP contribution < -0.4 is 0 Å². The molecule has 3 N–H and O–H groups in total. The number of aliphatic carboxylic acids is 1. The molecule has 2 rings (SSSR count). The van der Waals surface area contributed by atoms with Crippen LogP contribution in [-0.2, 0) is 4.79 Å². The van der Waals surface area contributed by atoms with Crippen molar-refractivity contribution in [2.24, 2.45) is 0 Å². The molecule has 16 heavy (non-hydrogen) atoms. The summed E-state index contributed by atoms with van der Waals surface area (Å²) in [5, 5.41) is 9.09. The van der Waals surface area contributed by atoms with Crippen LogP contribution in [0, 0.1) is 0 Å². The van der Waals surface area contributed by atoms with Crippen molar-refractivity contribution in [1.82, 2.24) is 19.9 Å². The van der Waals surface area contributed by atoms with Crippen LogP contribution in [0.1, 0.15) is 25.0 Å². The Bertz CT molecular complexity index is 475. The molecule has 2 heterocycles. The van der Waals surface area contributed by atoms with E-state index in [1.807, 2.05) is 6.92 Å². The Kier molecular flexibility index (Phi) is 2.72. The summed E-state index contributed by atoms with van der Waals surface area (Å²) < 4.78 is 0. The lowest BCUT2D eigenvalue weighted by Crippen LogP contribution is -2.12. The number of aromatic amines is 2. The first kappa shape index (κ1) is 10.4. The van der Waals surface area contributed by atoms with Crippen molar-refractivity contribution in [2.75, 3.05) is 0 Å². The van der Waals surface area contributed by atoms with E-state index in [-0.39, 0.29) is 0 Å². The molecule has 0 aliphatic carbocycles. The Morgan fingerprint density at radius 1 is 1.50 bits per heavy atom. The second kappa shape index (κ2) is 4.18. The highest BCUT2D eigenvalue weighted by Gasteiger charge is 2.23. The minimum Gasteiger partial charge on any atom is -0.481 e. The Labute approximate surface area is 91.8 Å². The minimum atomic E-state index is -0.854. The molecular formula is C10H12N4O2. The molecule has 0 saturated heterocycles. The molecule has 0 spiro atoms. The molecule has 6 nitrogen and oxygen atoms in total. The third-order valence-electron chi connectivity index (χ3n) is 2.48. The lowest BCUT2D eigenvalue weighted by Gasteiger charge is -2.08. The first-order valence-corrected chi connectivity index (χ1v) is 4.98. The molecule has 1 unspecified atom stereocenters. The van der Waals surface area contributed by atoms with Crippen molar-refractivity contribution in [3.8, 4) is 11.4 Å². The van der Waals surface area contributed by atoms with E-state index in [0.29, 0.717) is 17.8 Å². The summed E-state index contributed by atoms with van der Waals surface area (Å²) in [6, 6.07) is 0. The van der Waals surface area contributed by atoms with Crippen molar-refractivity contribution < 1.29 is 9.90 Å². The molecule has 0 amide bonds. The van der Waals surface area contributed by atoms with Crippen LogP contribution >= 0.6 is 0 Å². The van der Waals surface area contributed by atoms with Gasteiger partial charge in [0.1, 0.15) is 5.69 Å². The van der Waals surface area contributed by atoms with Gasteiger partial charge < -0.3 is 15.1 Å². The summed E-state index contributed by atoms with van der Waals surface area (Å²) in [6.45, 7) is 1.83. The Hall–Kier alpha value is -2.11. The molecule has 0 bridgehead atoms. The number of rotatable bonds is 4. The molecular weight excluding hydrogens is 208 g/mol. The first-order chi connectivity index (χ1) is 7.74. The number of carboxylic acid groups (broad SMARTS) is 1. The van der Waals surface area contributed by atoms with Gasteiger partial charge in [-0.2, -0.15) is 0 Å². The van der Waals surface area contributed by atoms with Crippen LogP contribution in [0.3, 0.4) is 0 Å². The van der Waals surface area contributed by atoms with Gasteiger partial charge in [0.05, 0.1) is 36.2 Å². The quantitative estimate of drug-likeness (QED) is 0.725. The van der Waals surface area contributed by atoms with E-state index < -0.39 is 11.9 Å². The van der Waals surface area contributed by atoms with Gasteiger partial charge in [-0.3, -0.25) is 4.79 Å². The fraction of sp³-hybridized carbons (Fsp3) is 0.300. The number of nitrogens with one attached hydrogen (secondary N) is 2. The smallest absolute Gasteiger partial charge is 0.312 e. The number of imidazole rings is 2. The van der Waals surface area contributed by atoms with Gasteiger partial charge >= 0.3 is 5.97 Å². The fourth-order valence-corrected chi connectivity index (χ4v) is 1.67. The molecule has 0 radical (unpaired) electrons. The van der Waals surface area contributed by atoms with Crippen molar-refractivity contribution >= 4 is 5.97 Å². The second-order valence-corrected chi connectivity index (χ2v) is 3.43. The summed E-state index contributed by atoms with van der Waals surface area (Å²) in [5.41, 5.74) is 1.95. The molecule has 2 aromatic rings. The van der Waals surface area contributed by atoms with E-state index in [4.69, 9.17) is 5.11 Å². The zero-order chi connectivity index (χ0) is 11.5. The van der Waals surface area contributed by atoms with Gasteiger partial charge in [0.25, 0.3) is 0 Å². The van der Waals surface area contributed by atoms with Crippen LogP contribution in [-0.4, -0.2) is 31.0 Å². The van der Waals surface area contributed by atoms with E-state index in [9.17, 15) is 4.79 Å². The van der Waals surface area contributed by atoms with Crippen molar-refractivity contribution in [3.63, 3.8) is 0 Å². The van der Waals surface area contributed by atoms with Gasteiger partial charge in [0, 0.05) is 0 Å². The van der Waals surface area contributed by atoms with E-state index in [1.165, 1.54) is 12.7 Å². The zero-order valence-electron chi connectivity index (χ0n) is 8.77. The lowest BCUT2D eigenvalue weighted by molar-refractivity contribution is -0.138. The van der Waals surface area contributed by atoms with Crippen LogP contribution in [0.5, 0.6) is 0 Å². The second-order valence-electron chi connectivity index (χ2n) is 3.43. The molecule has 6 heteroatoms. The molecule has 2 aromatic heterocycles. The van der Waals surface area contributed by atoms with Gasteiger partial charge in [0.2, 0.25) is 0 Å². The molecule has 84 valence electrons. The fourth-order valence-electron chi connectivity index (χ4n) is 1.67. The summed E-state index contributed by atoms with van der Waals surface area (Å²) in [5.74, 6) is -1.42. The summed E-state index contributed by atoms with van der Waals surface area (Å²) in [7, 11) is 0. The van der Waals surface area contributed by atoms with E-state index in [2.05, 4.69) is 19.9 Å². The summed E-state index contributed by atoms with van der Waals surface area (Å²) in [4.78, 5) is 24.9. The van der Waals surface area contributed by atoms with E-state index in [1.54, 1.807) is 6.20 Å². The number of carboxylic acids is 1. The number of nitrogens with zero attached hydrogens (tertiary/aromatic N) is 2. The molecule has 0 aliphatic rings. The van der Waals surface area contributed by atoms with Crippen LogP contribution in [0.4, 0.5) is 0 Å². The van der Waals surface area contributed by atoms with Crippen molar-refractivity contribution in [3.05, 3.63) is 24.5 Å². The largest absolute Gasteiger partial charge is 0.481 e. The van der Waals surface area contributed by atoms with E-state index >= 15 is 0 Å². The van der Waals surface area contributed by atoms with Crippen LogP contribution in [0.15, 0.2) is 18.9 Å². The molecule has 0 aliphatic heterocycles. The lowest BCUT2D eigenvalue weighted by atomic mass is 10.0. The van der Waals surface area contributed by atoms with Gasteiger partial charge in [-0.15, -0.1) is 0 Å². The number of hydrogen-bond acceptors (Lipinski definition) is 3. The highest BCUT2D eigenvalue weighted by molar-refractivity contribution is 5.78. The number of H-pyrrole nitrogens is 2. The summed E-state index contributed by atoms with van der Waals surface area (Å²) in [6.07, 6.45) is 5.17. The predicted octanol–water partition coefficient (Wildman–Crippen LogP) is 1.38. The zero-order valence-corrected chi connectivity index (χ0v) is 8.77. The van der Waals surface area contributed by atoms with E-state index in [0.717, 1.165) is 5.69 Å². The summed E-state index contributed by atoms with van der Waals surface area (Å²) >= 11 is 0. The average molecular weight is 220 g/mol. The molecule has 1 atom stereocenters. The average Bonchev–Trinajstić information content (AvgIpc) is 2.86. The minimum absolute atomic E-state index is 0.513. The third-order valence-corrected chi connectivity index (χ3v) is 2.48. The number of carbonyl (C=O) groups is 1. The Morgan fingerprint density at radius 2 is 2.31 bits per heavy atom. The molecule has 0 fully saturated rings. The maximum Gasteiger partial charge on any atom is 0.312 e. The highest BCUT2D eigenvalue weighted by atomic mass is 16.4. The predicted molar refractivity (Wildman–Crippen MR) is 56.8 cm³/mol. The monoisotopic (exact) mass is 220 g/mol.